The lowest BCUT2D eigenvalue weighted by Crippen LogP contribution is -2.54. The Labute approximate surface area is 133 Å². The van der Waals surface area contributed by atoms with Gasteiger partial charge in [0.05, 0.1) is 26.9 Å². The van der Waals surface area contributed by atoms with Gasteiger partial charge in [0.15, 0.2) is 5.79 Å². The first-order valence-corrected chi connectivity index (χ1v) is 7.45. The summed E-state index contributed by atoms with van der Waals surface area (Å²) in [5, 5.41) is 11.9. The highest BCUT2D eigenvalue weighted by Crippen LogP contribution is 2.35. The van der Waals surface area contributed by atoms with Crippen LogP contribution in [0.25, 0.3) is 0 Å². The first-order chi connectivity index (χ1) is 10.8. The number of carboxylic acids is 1. The molecule has 2 atom stereocenters. The molecule has 9 nitrogen and oxygen atoms in total. The SMILES string of the molecule is COC(=O)N[C@H](C(=O)N1CC2(C[C@H]1C(=O)O)OCCO2)C(C)C. The van der Waals surface area contributed by atoms with Gasteiger partial charge in [-0.3, -0.25) is 4.79 Å². The summed E-state index contributed by atoms with van der Waals surface area (Å²) in [6.07, 6.45) is -0.678. The van der Waals surface area contributed by atoms with Crippen molar-refractivity contribution in [2.45, 2.75) is 38.1 Å². The van der Waals surface area contributed by atoms with E-state index in [1.807, 2.05) is 0 Å². The number of hydrogen-bond donors (Lipinski definition) is 2. The van der Waals surface area contributed by atoms with Crippen LogP contribution in [0.4, 0.5) is 4.79 Å². The average molecular weight is 330 g/mol. The van der Waals surface area contributed by atoms with Crippen molar-refractivity contribution in [3.63, 3.8) is 0 Å². The molecule has 0 unspecified atom stereocenters. The highest BCUT2D eigenvalue weighted by molar-refractivity contribution is 5.90. The van der Waals surface area contributed by atoms with Gasteiger partial charge in [-0.25, -0.2) is 9.59 Å². The summed E-state index contributed by atoms with van der Waals surface area (Å²) in [5.74, 6) is -2.92. The summed E-state index contributed by atoms with van der Waals surface area (Å²) in [6, 6.07) is -1.94. The zero-order valence-corrected chi connectivity index (χ0v) is 13.4. The lowest BCUT2D eigenvalue weighted by molar-refractivity contribution is -0.153. The van der Waals surface area contributed by atoms with Gasteiger partial charge in [0, 0.05) is 6.42 Å². The van der Waals surface area contributed by atoms with Crippen LogP contribution < -0.4 is 5.32 Å². The highest BCUT2D eigenvalue weighted by Gasteiger charge is 2.53. The van der Waals surface area contributed by atoms with E-state index in [9.17, 15) is 19.5 Å². The molecule has 1 spiro atoms. The largest absolute Gasteiger partial charge is 0.480 e. The fourth-order valence-corrected chi connectivity index (χ4v) is 2.88. The smallest absolute Gasteiger partial charge is 0.407 e. The lowest BCUT2D eigenvalue weighted by atomic mass is 10.0. The quantitative estimate of drug-likeness (QED) is 0.733. The minimum atomic E-state index is -1.13. The van der Waals surface area contributed by atoms with E-state index in [1.165, 1.54) is 12.0 Å². The van der Waals surface area contributed by atoms with E-state index in [0.29, 0.717) is 13.2 Å². The average Bonchev–Trinajstić information content (AvgIpc) is 3.11. The molecule has 2 N–H and O–H groups in total. The van der Waals surface area contributed by atoms with Gasteiger partial charge in [0.25, 0.3) is 0 Å². The predicted octanol–water partition coefficient (Wildman–Crippen LogP) is -0.204. The third kappa shape index (κ3) is 3.56. The Balaban J connectivity index is 2.19. The normalized spacial score (nSPS) is 24.0. The predicted molar refractivity (Wildman–Crippen MR) is 76.6 cm³/mol. The molecular weight excluding hydrogens is 308 g/mol. The van der Waals surface area contributed by atoms with Gasteiger partial charge >= 0.3 is 12.1 Å². The van der Waals surface area contributed by atoms with Crippen LogP contribution in [0.3, 0.4) is 0 Å². The van der Waals surface area contributed by atoms with Crippen LogP contribution in [0.2, 0.25) is 0 Å². The molecule has 2 saturated heterocycles. The van der Waals surface area contributed by atoms with Gasteiger partial charge in [-0.2, -0.15) is 0 Å². The van der Waals surface area contributed by atoms with E-state index in [1.54, 1.807) is 13.8 Å². The second-order valence-electron chi connectivity index (χ2n) is 5.99. The van der Waals surface area contributed by atoms with Gasteiger partial charge in [-0.15, -0.1) is 0 Å². The molecule has 0 radical (unpaired) electrons. The summed E-state index contributed by atoms with van der Waals surface area (Å²) < 4.78 is 15.6. The first kappa shape index (κ1) is 17.5. The van der Waals surface area contributed by atoms with Crippen LogP contribution in [-0.4, -0.2) is 72.7 Å². The van der Waals surface area contributed by atoms with Crippen LogP contribution in [0.1, 0.15) is 20.3 Å². The van der Waals surface area contributed by atoms with Crippen LogP contribution >= 0.6 is 0 Å². The first-order valence-electron chi connectivity index (χ1n) is 7.45. The number of amides is 2. The number of likely N-dealkylation sites (tertiary alicyclic amines) is 1. The molecule has 0 bridgehead atoms. The van der Waals surface area contributed by atoms with E-state index in [2.05, 4.69) is 10.1 Å². The number of nitrogens with zero attached hydrogens (tertiary/aromatic N) is 1. The zero-order chi connectivity index (χ0) is 17.2. The maximum atomic E-state index is 12.8. The molecule has 23 heavy (non-hydrogen) atoms. The van der Waals surface area contributed by atoms with E-state index < -0.39 is 35.8 Å². The minimum Gasteiger partial charge on any atom is -0.480 e. The van der Waals surface area contributed by atoms with Crippen molar-refractivity contribution in [2.24, 2.45) is 5.92 Å². The molecule has 2 rings (SSSR count). The van der Waals surface area contributed by atoms with Crippen molar-refractivity contribution in [1.82, 2.24) is 10.2 Å². The Morgan fingerprint density at radius 2 is 1.91 bits per heavy atom. The number of aliphatic carboxylic acids is 1. The van der Waals surface area contributed by atoms with Gasteiger partial charge in [-0.1, -0.05) is 13.8 Å². The third-order valence-corrected chi connectivity index (χ3v) is 4.06. The maximum absolute atomic E-state index is 12.8. The van der Waals surface area contributed by atoms with E-state index >= 15 is 0 Å². The number of methoxy groups -OCH3 is 1. The maximum Gasteiger partial charge on any atom is 0.407 e. The monoisotopic (exact) mass is 330 g/mol. The fraction of sp³-hybridized carbons (Fsp3) is 0.786. The van der Waals surface area contributed by atoms with Gasteiger partial charge in [-0.05, 0) is 5.92 Å². The standard InChI is InChI=1S/C14H22N2O7/c1-8(2)10(15-13(20)21-3)11(17)16-7-14(22-4-5-23-14)6-9(16)12(18)19/h8-10H,4-7H2,1-3H3,(H,15,20)(H,18,19)/t9-,10-/m0/s1. The van der Waals surface area contributed by atoms with Crippen molar-refractivity contribution in [3.05, 3.63) is 0 Å². The molecule has 0 aromatic heterocycles. The second-order valence-corrected chi connectivity index (χ2v) is 5.99. The Kier molecular flexibility index (Phi) is 5.10. The Morgan fingerprint density at radius 1 is 1.30 bits per heavy atom. The molecule has 0 aliphatic carbocycles. The second kappa shape index (κ2) is 6.71. The van der Waals surface area contributed by atoms with Crippen molar-refractivity contribution in [2.75, 3.05) is 26.9 Å². The molecule has 2 amide bonds. The van der Waals surface area contributed by atoms with Crippen LogP contribution in [0.15, 0.2) is 0 Å². The number of rotatable bonds is 4. The number of hydrogen-bond acceptors (Lipinski definition) is 6. The van der Waals surface area contributed by atoms with Gasteiger partial charge < -0.3 is 29.5 Å². The van der Waals surface area contributed by atoms with Crippen molar-refractivity contribution < 1.29 is 33.7 Å². The molecule has 2 aliphatic heterocycles. The number of carbonyl (C=O) groups excluding carboxylic acids is 2. The topological polar surface area (TPSA) is 114 Å². The Bertz CT molecular complexity index is 488. The summed E-state index contributed by atoms with van der Waals surface area (Å²) >= 11 is 0. The van der Waals surface area contributed by atoms with E-state index in [0.717, 1.165) is 0 Å². The molecular formula is C14H22N2O7. The molecule has 2 aliphatic rings. The minimum absolute atomic E-state index is 0.0227. The molecule has 2 fully saturated rings. The van der Waals surface area contributed by atoms with E-state index in [4.69, 9.17) is 9.47 Å². The molecule has 0 aromatic rings. The summed E-state index contributed by atoms with van der Waals surface area (Å²) in [5.41, 5.74) is 0. The molecule has 2 heterocycles. The molecule has 0 aromatic carbocycles. The number of nitrogens with one attached hydrogen (secondary N) is 1. The number of ether oxygens (including phenoxy) is 3. The van der Waals surface area contributed by atoms with Crippen molar-refractivity contribution >= 4 is 18.0 Å². The summed E-state index contributed by atoms with van der Waals surface area (Å²) in [4.78, 5) is 36.9. The summed E-state index contributed by atoms with van der Waals surface area (Å²) in [7, 11) is 1.20. The molecule has 130 valence electrons. The highest BCUT2D eigenvalue weighted by atomic mass is 16.7. The van der Waals surface area contributed by atoms with Crippen LogP contribution in [0, 0.1) is 5.92 Å². The Hall–Kier alpha value is -1.87. The van der Waals surface area contributed by atoms with Crippen LogP contribution in [0.5, 0.6) is 0 Å². The Morgan fingerprint density at radius 3 is 2.39 bits per heavy atom. The lowest BCUT2D eigenvalue weighted by Gasteiger charge is -2.29. The molecule has 0 saturated carbocycles. The van der Waals surface area contributed by atoms with Crippen molar-refractivity contribution in [1.29, 1.82) is 0 Å². The third-order valence-electron chi connectivity index (χ3n) is 4.06. The van der Waals surface area contributed by atoms with Gasteiger partial charge in [0.1, 0.15) is 12.1 Å². The van der Waals surface area contributed by atoms with E-state index in [-0.39, 0.29) is 18.9 Å². The number of carboxylic acid groups (broad SMARTS) is 1. The fourth-order valence-electron chi connectivity index (χ4n) is 2.88. The summed E-state index contributed by atoms with van der Waals surface area (Å²) in [6.45, 7) is 4.25. The number of carbonyl (C=O) groups is 3. The van der Waals surface area contributed by atoms with Crippen LogP contribution in [-0.2, 0) is 23.8 Å². The zero-order valence-electron chi connectivity index (χ0n) is 13.4. The van der Waals surface area contributed by atoms with Gasteiger partial charge in [0.2, 0.25) is 5.91 Å². The number of alkyl carbamates (subject to hydrolysis) is 1. The molecule has 9 heteroatoms. The van der Waals surface area contributed by atoms with Crippen molar-refractivity contribution in [3.8, 4) is 0 Å².